The normalized spacial score (nSPS) is 16.2. The van der Waals surface area contributed by atoms with Crippen molar-refractivity contribution in [1.82, 2.24) is 0 Å². The molecule has 5 nitrogen and oxygen atoms in total. The second-order valence-corrected chi connectivity index (χ2v) is 2.87. The van der Waals surface area contributed by atoms with E-state index in [2.05, 4.69) is 0 Å². The van der Waals surface area contributed by atoms with E-state index in [1.165, 1.54) is 6.08 Å². The van der Waals surface area contributed by atoms with E-state index in [4.69, 9.17) is 17.3 Å². The monoisotopic (exact) mass is 199 g/mol. The number of nitro groups is 1. The molecule has 0 bridgehead atoms. The number of hydrogen-bond acceptors (Lipinski definition) is 4. The molecule has 0 aromatic rings. The van der Waals surface area contributed by atoms with Gasteiger partial charge in [-0.15, -0.1) is 0 Å². The first-order valence-corrected chi connectivity index (χ1v) is 3.76. The summed E-state index contributed by atoms with van der Waals surface area (Å²) in [6, 6.07) is 0. The standard InChI is InChI=1S/C7H5NO4S/c9-7(10)5-3-4(8(11)12)1-2-6(5)13/h1,3H,2H2,(H,9,10). The molecule has 0 aliphatic heterocycles. The Bertz CT molecular complexity index is 356. The molecule has 0 fully saturated rings. The number of carbonyl (C=O) groups is 1. The summed E-state index contributed by atoms with van der Waals surface area (Å²) in [5.41, 5.74) is -0.379. The lowest BCUT2D eigenvalue weighted by Crippen LogP contribution is -2.15. The molecular weight excluding hydrogens is 194 g/mol. The van der Waals surface area contributed by atoms with Gasteiger partial charge in [-0.25, -0.2) is 4.79 Å². The van der Waals surface area contributed by atoms with E-state index in [9.17, 15) is 14.9 Å². The van der Waals surface area contributed by atoms with Crippen LogP contribution in [-0.4, -0.2) is 20.9 Å². The summed E-state index contributed by atoms with van der Waals surface area (Å²) < 4.78 is 0. The second-order valence-electron chi connectivity index (χ2n) is 2.38. The average Bonchev–Trinajstić information content (AvgIpc) is 2.04. The molecule has 0 amide bonds. The van der Waals surface area contributed by atoms with E-state index in [-0.39, 0.29) is 22.6 Å². The topological polar surface area (TPSA) is 80.4 Å². The second kappa shape index (κ2) is 3.44. The van der Waals surface area contributed by atoms with E-state index < -0.39 is 10.9 Å². The largest absolute Gasteiger partial charge is 0.478 e. The van der Waals surface area contributed by atoms with Gasteiger partial charge in [0, 0.05) is 17.4 Å². The lowest BCUT2D eigenvalue weighted by atomic mass is 10.0. The van der Waals surface area contributed by atoms with Crippen molar-refractivity contribution in [2.45, 2.75) is 6.42 Å². The number of hydrogen-bond donors (Lipinski definition) is 1. The fraction of sp³-hybridized carbons (Fsp3) is 0.143. The highest BCUT2D eigenvalue weighted by Crippen LogP contribution is 2.16. The van der Waals surface area contributed by atoms with Crippen molar-refractivity contribution < 1.29 is 14.8 Å². The minimum absolute atomic E-state index is 0.143. The van der Waals surface area contributed by atoms with Crippen molar-refractivity contribution >= 4 is 23.1 Å². The highest BCUT2D eigenvalue weighted by Gasteiger charge is 2.21. The third-order valence-corrected chi connectivity index (χ3v) is 1.92. The van der Waals surface area contributed by atoms with Crippen molar-refractivity contribution in [1.29, 1.82) is 0 Å². The molecule has 0 aromatic carbocycles. The van der Waals surface area contributed by atoms with Crippen LogP contribution in [0.1, 0.15) is 6.42 Å². The van der Waals surface area contributed by atoms with Crippen LogP contribution < -0.4 is 0 Å². The number of nitrogens with zero attached hydrogens (tertiary/aromatic N) is 1. The van der Waals surface area contributed by atoms with Gasteiger partial charge in [-0.1, -0.05) is 12.2 Å². The van der Waals surface area contributed by atoms with Gasteiger partial charge in [0.15, 0.2) is 0 Å². The molecule has 0 unspecified atom stereocenters. The summed E-state index contributed by atoms with van der Waals surface area (Å²) in [7, 11) is 0. The number of aliphatic carboxylic acids is 1. The first kappa shape index (κ1) is 9.53. The SMILES string of the molecule is O=C(O)C1=CC([N+](=O)[O-])=CCC1=S. The number of carboxylic acids is 1. The molecule has 0 radical (unpaired) electrons. The third-order valence-electron chi connectivity index (χ3n) is 1.53. The summed E-state index contributed by atoms with van der Waals surface area (Å²) in [6.45, 7) is 0. The molecule has 1 aliphatic carbocycles. The zero-order valence-corrected chi connectivity index (χ0v) is 7.21. The summed E-state index contributed by atoms with van der Waals surface area (Å²) in [6.07, 6.45) is 2.42. The van der Waals surface area contributed by atoms with Crippen LogP contribution in [0.2, 0.25) is 0 Å². The maximum Gasteiger partial charge on any atom is 0.337 e. The summed E-state index contributed by atoms with van der Waals surface area (Å²) >= 11 is 4.73. The van der Waals surface area contributed by atoms with Crippen molar-refractivity contribution in [3.63, 3.8) is 0 Å². The highest BCUT2D eigenvalue weighted by atomic mass is 32.1. The molecule has 0 saturated carbocycles. The van der Waals surface area contributed by atoms with Crippen LogP contribution in [-0.2, 0) is 4.79 Å². The minimum Gasteiger partial charge on any atom is -0.478 e. The Balaban J connectivity index is 3.05. The molecule has 0 heterocycles. The predicted octanol–water partition coefficient (Wildman–Crippen LogP) is 0.932. The smallest absolute Gasteiger partial charge is 0.337 e. The number of allylic oxidation sites excluding steroid dienone is 2. The van der Waals surface area contributed by atoms with E-state index in [0.29, 0.717) is 0 Å². The Morgan fingerprint density at radius 2 is 2.31 bits per heavy atom. The first-order chi connectivity index (χ1) is 6.02. The summed E-state index contributed by atoms with van der Waals surface area (Å²) in [4.78, 5) is 20.4. The van der Waals surface area contributed by atoms with Crippen LogP contribution in [0.4, 0.5) is 0 Å². The van der Waals surface area contributed by atoms with Gasteiger partial charge in [0.1, 0.15) is 0 Å². The maximum absolute atomic E-state index is 10.5. The molecule has 0 saturated heterocycles. The molecule has 13 heavy (non-hydrogen) atoms. The molecule has 1 rings (SSSR count). The molecule has 6 heteroatoms. The fourth-order valence-corrected chi connectivity index (χ4v) is 1.13. The summed E-state index contributed by atoms with van der Waals surface area (Å²) in [5, 5.41) is 18.9. The Morgan fingerprint density at radius 1 is 1.69 bits per heavy atom. The van der Waals surface area contributed by atoms with E-state index >= 15 is 0 Å². The zero-order valence-electron chi connectivity index (χ0n) is 6.39. The lowest BCUT2D eigenvalue weighted by Gasteiger charge is -2.05. The van der Waals surface area contributed by atoms with Gasteiger partial charge in [-0.2, -0.15) is 0 Å². The van der Waals surface area contributed by atoms with Gasteiger partial charge in [0.05, 0.1) is 10.5 Å². The Hall–Kier alpha value is -1.56. The van der Waals surface area contributed by atoms with Gasteiger partial charge >= 0.3 is 5.97 Å². The van der Waals surface area contributed by atoms with Gasteiger partial charge in [-0.05, 0) is 6.08 Å². The van der Waals surface area contributed by atoms with Crippen LogP contribution in [0.25, 0.3) is 0 Å². The number of rotatable bonds is 2. The van der Waals surface area contributed by atoms with Crippen LogP contribution >= 0.6 is 12.2 Å². The fourth-order valence-electron chi connectivity index (χ4n) is 0.903. The molecule has 68 valence electrons. The van der Waals surface area contributed by atoms with E-state index in [0.717, 1.165) is 6.08 Å². The van der Waals surface area contributed by atoms with Gasteiger partial charge < -0.3 is 5.11 Å². The number of thiocarbonyl (C=S) groups is 1. The van der Waals surface area contributed by atoms with Crippen molar-refractivity contribution in [2.75, 3.05) is 0 Å². The highest BCUT2D eigenvalue weighted by molar-refractivity contribution is 7.81. The Morgan fingerprint density at radius 3 is 2.77 bits per heavy atom. The molecule has 1 aliphatic rings. The maximum atomic E-state index is 10.5. The molecular formula is C7H5NO4S. The lowest BCUT2D eigenvalue weighted by molar-refractivity contribution is -0.419. The Labute approximate surface area is 78.5 Å². The van der Waals surface area contributed by atoms with Gasteiger partial charge in [0.2, 0.25) is 0 Å². The third kappa shape index (κ3) is 1.97. The van der Waals surface area contributed by atoms with E-state index in [1.54, 1.807) is 0 Å². The Kier molecular flexibility index (Phi) is 2.52. The molecule has 0 spiro atoms. The van der Waals surface area contributed by atoms with Crippen molar-refractivity contribution in [2.24, 2.45) is 0 Å². The van der Waals surface area contributed by atoms with Gasteiger partial charge in [-0.3, -0.25) is 10.1 Å². The zero-order chi connectivity index (χ0) is 10.0. The average molecular weight is 199 g/mol. The van der Waals surface area contributed by atoms with Gasteiger partial charge in [0.25, 0.3) is 5.70 Å². The van der Waals surface area contributed by atoms with Crippen LogP contribution in [0.15, 0.2) is 23.4 Å². The number of carboxylic acid groups (broad SMARTS) is 1. The summed E-state index contributed by atoms with van der Waals surface area (Å²) in [5.74, 6) is -1.22. The van der Waals surface area contributed by atoms with Crippen molar-refractivity contribution in [3.8, 4) is 0 Å². The van der Waals surface area contributed by atoms with Crippen LogP contribution in [0.5, 0.6) is 0 Å². The predicted molar refractivity (Wildman–Crippen MR) is 48.0 cm³/mol. The quantitative estimate of drug-likeness (QED) is 0.406. The van der Waals surface area contributed by atoms with Crippen LogP contribution in [0, 0.1) is 10.1 Å². The van der Waals surface area contributed by atoms with Crippen LogP contribution in [0.3, 0.4) is 0 Å². The first-order valence-electron chi connectivity index (χ1n) is 3.35. The molecule has 0 atom stereocenters. The van der Waals surface area contributed by atoms with Crippen molar-refractivity contribution in [3.05, 3.63) is 33.5 Å². The van der Waals surface area contributed by atoms with E-state index in [1.807, 2.05) is 0 Å². The molecule has 0 aromatic heterocycles. The minimum atomic E-state index is -1.22. The molecule has 1 N–H and O–H groups in total.